The van der Waals surface area contributed by atoms with Crippen LogP contribution in [0.1, 0.15) is 32.6 Å². The maximum absolute atomic E-state index is 5.18. The Balaban J connectivity index is 1.55. The molecule has 1 aromatic heterocycles. The summed E-state index contributed by atoms with van der Waals surface area (Å²) in [4.78, 5) is 13.7. The summed E-state index contributed by atoms with van der Waals surface area (Å²) in [5.74, 6) is 2.36. The van der Waals surface area contributed by atoms with E-state index in [0.717, 1.165) is 44.1 Å². The van der Waals surface area contributed by atoms with E-state index < -0.39 is 0 Å². The van der Waals surface area contributed by atoms with Crippen molar-refractivity contribution in [2.75, 3.05) is 38.2 Å². The molecule has 3 rings (SSSR count). The molecule has 2 heterocycles. The van der Waals surface area contributed by atoms with Gasteiger partial charge in [0.05, 0.1) is 7.11 Å². The lowest BCUT2D eigenvalue weighted by molar-refractivity contribution is 0.132. The normalized spacial score (nSPS) is 27.6. The van der Waals surface area contributed by atoms with Crippen LogP contribution in [0.4, 0.5) is 5.95 Å². The molecule has 5 nitrogen and oxygen atoms in total. The van der Waals surface area contributed by atoms with Crippen LogP contribution in [0.15, 0.2) is 12.3 Å². The highest BCUT2D eigenvalue weighted by molar-refractivity contribution is 5.32. The van der Waals surface area contributed by atoms with E-state index in [-0.39, 0.29) is 0 Å². The molecule has 0 atom stereocenters. The third-order valence-corrected chi connectivity index (χ3v) is 4.93. The molecule has 0 N–H and O–H groups in total. The molecule has 0 radical (unpaired) electrons. The van der Waals surface area contributed by atoms with Crippen LogP contribution in [-0.4, -0.2) is 54.2 Å². The van der Waals surface area contributed by atoms with Gasteiger partial charge in [-0.2, -0.15) is 4.98 Å². The number of methoxy groups -OCH3 is 1. The van der Waals surface area contributed by atoms with Gasteiger partial charge in [0.25, 0.3) is 0 Å². The van der Waals surface area contributed by atoms with Crippen LogP contribution >= 0.6 is 0 Å². The van der Waals surface area contributed by atoms with Crippen molar-refractivity contribution in [3.63, 3.8) is 0 Å². The molecule has 0 bridgehead atoms. The second-order valence-corrected chi connectivity index (χ2v) is 6.34. The van der Waals surface area contributed by atoms with Gasteiger partial charge in [0.1, 0.15) is 0 Å². The Morgan fingerprint density at radius 1 is 1.10 bits per heavy atom. The minimum Gasteiger partial charge on any atom is -0.481 e. The maximum atomic E-state index is 5.18. The first-order chi connectivity index (χ1) is 10.3. The smallest absolute Gasteiger partial charge is 0.228 e. The minimum atomic E-state index is 0.642. The van der Waals surface area contributed by atoms with Gasteiger partial charge in [-0.25, -0.2) is 4.98 Å². The predicted octanol–water partition coefficient (Wildman–Crippen LogP) is 2.19. The number of ether oxygens (including phenoxy) is 1. The van der Waals surface area contributed by atoms with Gasteiger partial charge in [-0.05, 0) is 31.6 Å². The van der Waals surface area contributed by atoms with Gasteiger partial charge in [0, 0.05) is 44.5 Å². The average Bonchev–Trinajstić information content (AvgIpc) is 2.56. The van der Waals surface area contributed by atoms with E-state index in [4.69, 9.17) is 4.74 Å². The largest absolute Gasteiger partial charge is 0.481 e. The van der Waals surface area contributed by atoms with Crippen LogP contribution in [0.3, 0.4) is 0 Å². The summed E-state index contributed by atoms with van der Waals surface area (Å²) in [6.45, 7) is 6.66. The van der Waals surface area contributed by atoms with Crippen LogP contribution < -0.4 is 9.64 Å². The van der Waals surface area contributed by atoms with Crippen LogP contribution in [0, 0.1) is 5.92 Å². The number of nitrogens with zero attached hydrogens (tertiary/aromatic N) is 4. The quantitative estimate of drug-likeness (QED) is 0.853. The van der Waals surface area contributed by atoms with Gasteiger partial charge < -0.3 is 9.64 Å². The Hall–Kier alpha value is -1.36. The summed E-state index contributed by atoms with van der Waals surface area (Å²) < 4.78 is 5.18. The molecule has 1 aliphatic heterocycles. The molecule has 1 saturated heterocycles. The molecule has 21 heavy (non-hydrogen) atoms. The lowest BCUT2D eigenvalue weighted by Crippen LogP contribution is -2.51. The van der Waals surface area contributed by atoms with E-state index in [0.29, 0.717) is 5.88 Å². The Labute approximate surface area is 127 Å². The highest BCUT2D eigenvalue weighted by atomic mass is 16.5. The lowest BCUT2D eigenvalue weighted by atomic mass is 9.86. The molecule has 0 amide bonds. The Kier molecular flexibility index (Phi) is 4.58. The number of anilines is 1. The van der Waals surface area contributed by atoms with Crippen LogP contribution in [0.25, 0.3) is 0 Å². The van der Waals surface area contributed by atoms with E-state index in [1.54, 1.807) is 19.4 Å². The van der Waals surface area contributed by atoms with E-state index >= 15 is 0 Å². The van der Waals surface area contributed by atoms with Gasteiger partial charge in [0.15, 0.2) is 0 Å². The van der Waals surface area contributed by atoms with Gasteiger partial charge in [-0.1, -0.05) is 6.92 Å². The summed E-state index contributed by atoms with van der Waals surface area (Å²) in [6.07, 6.45) is 7.30. The first-order valence-corrected chi connectivity index (χ1v) is 8.12. The van der Waals surface area contributed by atoms with E-state index in [9.17, 15) is 0 Å². The standard InChI is InChI=1S/C16H26N4O/c1-13-3-5-14(6-4-13)19-9-11-20(12-10-19)16-17-8-7-15(18-16)21-2/h7-8,13-14H,3-6,9-12H2,1-2H3. The Morgan fingerprint density at radius 3 is 2.48 bits per heavy atom. The fraction of sp³-hybridized carbons (Fsp3) is 0.750. The molecule has 5 heteroatoms. The first-order valence-electron chi connectivity index (χ1n) is 8.12. The van der Waals surface area contributed by atoms with Gasteiger partial charge in [-0.3, -0.25) is 4.90 Å². The van der Waals surface area contributed by atoms with Crippen molar-refractivity contribution in [3.8, 4) is 5.88 Å². The fourth-order valence-electron chi connectivity index (χ4n) is 3.49. The number of hydrogen-bond acceptors (Lipinski definition) is 5. The summed E-state index contributed by atoms with van der Waals surface area (Å²) in [5.41, 5.74) is 0. The maximum Gasteiger partial charge on any atom is 0.228 e. The van der Waals surface area contributed by atoms with Gasteiger partial charge >= 0.3 is 0 Å². The van der Waals surface area contributed by atoms with E-state index in [1.165, 1.54) is 25.7 Å². The minimum absolute atomic E-state index is 0.642. The second-order valence-electron chi connectivity index (χ2n) is 6.34. The van der Waals surface area contributed by atoms with Crippen molar-refractivity contribution in [2.45, 2.75) is 38.6 Å². The SMILES string of the molecule is COc1ccnc(N2CCN(C3CCC(C)CC3)CC2)n1. The summed E-state index contributed by atoms with van der Waals surface area (Å²) >= 11 is 0. The molecular formula is C16H26N4O. The fourth-order valence-corrected chi connectivity index (χ4v) is 3.49. The van der Waals surface area contributed by atoms with Crippen molar-refractivity contribution >= 4 is 5.95 Å². The predicted molar refractivity (Wildman–Crippen MR) is 83.8 cm³/mol. The number of rotatable bonds is 3. The Morgan fingerprint density at radius 2 is 1.81 bits per heavy atom. The summed E-state index contributed by atoms with van der Waals surface area (Å²) in [6, 6.07) is 2.60. The van der Waals surface area contributed by atoms with Crippen LogP contribution in [-0.2, 0) is 0 Å². The molecule has 2 aliphatic rings. The third kappa shape index (κ3) is 3.46. The molecule has 1 saturated carbocycles. The first kappa shape index (κ1) is 14.6. The molecule has 2 fully saturated rings. The second kappa shape index (κ2) is 6.60. The third-order valence-electron chi connectivity index (χ3n) is 4.93. The number of piperazine rings is 1. The summed E-state index contributed by atoms with van der Waals surface area (Å²) in [7, 11) is 1.65. The number of hydrogen-bond donors (Lipinski definition) is 0. The van der Waals surface area contributed by atoms with E-state index in [1.807, 2.05) is 0 Å². The zero-order valence-corrected chi connectivity index (χ0v) is 13.2. The highest BCUT2D eigenvalue weighted by Gasteiger charge is 2.27. The zero-order chi connectivity index (χ0) is 14.7. The lowest BCUT2D eigenvalue weighted by Gasteiger charge is -2.41. The van der Waals surface area contributed by atoms with Crippen molar-refractivity contribution in [1.29, 1.82) is 0 Å². The molecule has 1 aromatic rings. The van der Waals surface area contributed by atoms with Gasteiger partial charge in [0.2, 0.25) is 11.8 Å². The molecule has 116 valence electrons. The van der Waals surface area contributed by atoms with Crippen molar-refractivity contribution in [3.05, 3.63) is 12.3 Å². The van der Waals surface area contributed by atoms with Crippen molar-refractivity contribution < 1.29 is 4.74 Å². The van der Waals surface area contributed by atoms with Crippen LogP contribution in [0.2, 0.25) is 0 Å². The molecule has 0 spiro atoms. The summed E-state index contributed by atoms with van der Waals surface area (Å²) in [5, 5.41) is 0. The van der Waals surface area contributed by atoms with Gasteiger partial charge in [-0.15, -0.1) is 0 Å². The topological polar surface area (TPSA) is 41.5 Å². The van der Waals surface area contributed by atoms with Crippen LogP contribution in [0.5, 0.6) is 5.88 Å². The monoisotopic (exact) mass is 290 g/mol. The average molecular weight is 290 g/mol. The molecular weight excluding hydrogens is 264 g/mol. The highest BCUT2D eigenvalue weighted by Crippen LogP contribution is 2.28. The molecule has 0 unspecified atom stereocenters. The molecule has 1 aliphatic carbocycles. The Bertz CT molecular complexity index is 451. The van der Waals surface area contributed by atoms with Crippen molar-refractivity contribution in [2.24, 2.45) is 5.92 Å². The zero-order valence-electron chi connectivity index (χ0n) is 13.2. The number of aromatic nitrogens is 2. The van der Waals surface area contributed by atoms with Crippen molar-refractivity contribution in [1.82, 2.24) is 14.9 Å². The molecule has 0 aromatic carbocycles. The van der Waals surface area contributed by atoms with E-state index in [2.05, 4.69) is 26.7 Å².